The first-order valence-electron chi connectivity index (χ1n) is 3.94. The summed E-state index contributed by atoms with van der Waals surface area (Å²) in [5.41, 5.74) is 4.62. The molecule has 1 rings (SSSR count). The molecule has 0 aromatic rings. The minimum atomic E-state index is -0.710. The second kappa shape index (κ2) is 2.92. The summed E-state index contributed by atoms with van der Waals surface area (Å²) >= 11 is 1.67. The average molecular weight is 189 g/mol. The lowest BCUT2D eigenvalue weighted by Gasteiger charge is -2.36. The van der Waals surface area contributed by atoms with E-state index in [-0.39, 0.29) is 5.97 Å². The van der Waals surface area contributed by atoms with E-state index in [1.54, 1.807) is 11.8 Å². The van der Waals surface area contributed by atoms with E-state index in [0.29, 0.717) is 11.5 Å². The Morgan fingerprint density at radius 3 is 2.25 bits per heavy atom. The molecule has 70 valence electrons. The maximum Gasteiger partial charge on any atom is 0.328 e. The van der Waals surface area contributed by atoms with Crippen molar-refractivity contribution >= 4 is 17.7 Å². The second-order valence-electron chi connectivity index (χ2n) is 4.15. The largest absolute Gasteiger partial charge is 0.459 e. The van der Waals surface area contributed by atoms with Crippen LogP contribution in [0.5, 0.6) is 0 Å². The summed E-state index contributed by atoms with van der Waals surface area (Å²) < 4.78 is 5.17. The molecule has 2 N–H and O–H groups in total. The van der Waals surface area contributed by atoms with Crippen molar-refractivity contribution in [3.05, 3.63) is 0 Å². The SMILES string of the molecule is CC(C)(C)OC(=O)C1(N)CSC1. The minimum Gasteiger partial charge on any atom is -0.459 e. The molecule has 0 atom stereocenters. The summed E-state index contributed by atoms with van der Waals surface area (Å²) in [4.78, 5) is 11.4. The summed E-state index contributed by atoms with van der Waals surface area (Å²) in [6, 6.07) is 0. The lowest BCUT2D eigenvalue weighted by Crippen LogP contribution is -2.60. The Kier molecular flexibility index (Phi) is 2.40. The normalized spacial score (nSPS) is 21.3. The zero-order chi connectivity index (χ0) is 9.41. The fourth-order valence-corrected chi connectivity index (χ4v) is 1.70. The molecule has 1 aliphatic rings. The molecule has 1 heterocycles. The third kappa shape index (κ3) is 2.14. The van der Waals surface area contributed by atoms with Gasteiger partial charge in [-0.1, -0.05) is 0 Å². The van der Waals surface area contributed by atoms with Crippen molar-refractivity contribution in [2.45, 2.75) is 31.9 Å². The third-order valence-electron chi connectivity index (χ3n) is 1.52. The quantitative estimate of drug-likeness (QED) is 0.619. The predicted octanol–water partition coefficient (Wildman–Crippen LogP) is 0.772. The van der Waals surface area contributed by atoms with Crippen LogP contribution in [-0.4, -0.2) is 28.6 Å². The molecule has 4 heteroatoms. The van der Waals surface area contributed by atoms with Crippen LogP contribution >= 0.6 is 11.8 Å². The van der Waals surface area contributed by atoms with Crippen molar-refractivity contribution in [3.63, 3.8) is 0 Å². The van der Waals surface area contributed by atoms with Gasteiger partial charge in [0.15, 0.2) is 0 Å². The van der Waals surface area contributed by atoms with Crippen LogP contribution in [0, 0.1) is 0 Å². The highest BCUT2D eigenvalue weighted by atomic mass is 32.2. The Morgan fingerprint density at radius 2 is 2.00 bits per heavy atom. The van der Waals surface area contributed by atoms with Crippen molar-refractivity contribution in [2.75, 3.05) is 11.5 Å². The highest BCUT2D eigenvalue weighted by Crippen LogP contribution is 2.29. The zero-order valence-electron chi connectivity index (χ0n) is 7.72. The van der Waals surface area contributed by atoms with E-state index >= 15 is 0 Å². The van der Waals surface area contributed by atoms with Crippen molar-refractivity contribution in [3.8, 4) is 0 Å². The minimum absolute atomic E-state index is 0.270. The summed E-state index contributed by atoms with van der Waals surface area (Å²) in [7, 11) is 0. The Labute approximate surface area is 77.0 Å². The van der Waals surface area contributed by atoms with Gasteiger partial charge < -0.3 is 10.5 Å². The molecule has 0 unspecified atom stereocenters. The fraction of sp³-hybridized carbons (Fsp3) is 0.875. The van der Waals surface area contributed by atoms with Crippen LogP contribution in [0.1, 0.15) is 20.8 Å². The van der Waals surface area contributed by atoms with Gasteiger partial charge in [-0.15, -0.1) is 0 Å². The molecule has 0 spiro atoms. The topological polar surface area (TPSA) is 52.3 Å². The van der Waals surface area contributed by atoms with E-state index in [4.69, 9.17) is 10.5 Å². The van der Waals surface area contributed by atoms with E-state index in [9.17, 15) is 4.79 Å². The summed E-state index contributed by atoms with van der Waals surface area (Å²) in [5.74, 6) is 1.10. The summed E-state index contributed by atoms with van der Waals surface area (Å²) in [6.07, 6.45) is 0. The molecule has 12 heavy (non-hydrogen) atoms. The van der Waals surface area contributed by atoms with Gasteiger partial charge in [0, 0.05) is 11.5 Å². The first-order valence-corrected chi connectivity index (χ1v) is 5.09. The molecule has 0 aliphatic carbocycles. The first kappa shape index (κ1) is 9.86. The van der Waals surface area contributed by atoms with Crippen LogP contribution in [0.2, 0.25) is 0 Å². The van der Waals surface area contributed by atoms with E-state index in [2.05, 4.69) is 0 Å². The van der Waals surface area contributed by atoms with E-state index in [1.165, 1.54) is 0 Å². The van der Waals surface area contributed by atoms with Crippen LogP contribution in [0.3, 0.4) is 0 Å². The highest BCUT2D eigenvalue weighted by molar-refractivity contribution is 8.01. The maximum atomic E-state index is 11.4. The van der Waals surface area contributed by atoms with Crippen LogP contribution in [0.25, 0.3) is 0 Å². The zero-order valence-corrected chi connectivity index (χ0v) is 8.53. The van der Waals surface area contributed by atoms with Gasteiger partial charge in [0.05, 0.1) is 0 Å². The van der Waals surface area contributed by atoms with Gasteiger partial charge in [0.25, 0.3) is 0 Å². The molecule has 0 aromatic carbocycles. The van der Waals surface area contributed by atoms with Gasteiger partial charge in [-0.05, 0) is 20.8 Å². The number of carbonyl (C=O) groups is 1. The molecule has 1 aliphatic heterocycles. The number of esters is 1. The molecule has 3 nitrogen and oxygen atoms in total. The van der Waals surface area contributed by atoms with Crippen molar-refractivity contribution in [1.29, 1.82) is 0 Å². The van der Waals surface area contributed by atoms with Crippen LogP contribution in [0.15, 0.2) is 0 Å². The van der Waals surface area contributed by atoms with Gasteiger partial charge in [0.1, 0.15) is 11.1 Å². The van der Waals surface area contributed by atoms with Crippen molar-refractivity contribution in [2.24, 2.45) is 5.73 Å². The standard InChI is InChI=1S/C8H15NO2S/c1-7(2,3)11-6(10)8(9)4-12-5-8/h4-5,9H2,1-3H3. The number of thioether (sulfide) groups is 1. The molecule has 0 saturated carbocycles. The van der Waals surface area contributed by atoms with Crippen LogP contribution < -0.4 is 5.73 Å². The van der Waals surface area contributed by atoms with Crippen molar-refractivity contribution in [1.82, 2.24) is 0 Å². The second-order valence-corrected chi connectivity index (χ2v) is 5.14. The predicted molar refractivity (Wildman–Crippen MR) is 50.1 cm³/mol. The summed E-state index contributed by atoms with van der Waals surface area (Å²) in [5, 5.41) is 0. The molecule has 0 amide bonds. The van der Waals surface area contributed by atoms with Crippen LogP contribution in [0.4, 0.5) is 0 Å². The maximum absolute atomic E-state index is 11.4. The first-order chi connectivity index (χ1) is 5.33. The fourth-order valence-electron chi connectivity index (χ4n) is 0.820. The number of rotatable bonds is 1. The lowest BCUT2D eigenvalue weighted by atomic mass is 10.1. The number of ether oxygens (including phenoxy) is 1. The summed E-state index contributed by atoms with van der Waals surface area (Å²) in [6.45, 7) is 5.54. The molecular formula is C8H15NO2S. The van der Waals surface area contributed by atoms with Gasteiger partial charge in [-0.3, -0.25) is 0 Å². The molecule has 1 saturated heterocycles. The molecule has 0 aromatic heterocycles. The van der Waals surface area contributed by atoms with Crippen LogP contribution in [-0.2, 0) is 9.53 Å². The number of carbonyl (C=O) groups excluding carboxylic acids is 1. The third-order valence-corrected chi connectivity index (χ3v) is 2.96. The number of hydrogen-bond acceptors (Lipinski definition) is 4. The molecule has 0 radical (unpaired) electrons. The smallest absolute Gasteiger partial charge is 0.328 e. The van der Waals surface area contributed by atoms with Gasteiger partial charge >= 0.3 is 5.97 Å². The molecule has 1 fully saturated rings. The van der Waals surface area contributed by atoms with Gasteiger partial charge in [-0.2, -0.15) is 11.8 Å². The number of hydrogen-bond donors (Lipinski definition) is 1. The Bertz CT molecular complexity index is 194. The Morgan fingerprint density at radius 1 is 1.50 bits per heavy atom. The molecule has 0 bridgehead atoms. The van der Waals surface area contributed by atoms with Gasteiger partial charge in [-0.25, -0.2) is 4.79 Å². The monoisotopic (exact) mass is 189 g/mol. The Hall–Kier alpha value is -0.220. The van der Waals surface area contributed by atoms with E-state index in [1.807, 2.05) is 20.8 Å². The van der Waals surface area contributed by atoms with Crippen molar-refractivity contribution < 1.29 is 9.53 Å². The van der Waals surface area contributed by atoms with E-state index in [0.717, 1.165) is 0 Å². The average Bonchev–Trinajstić information content (AvgIpc) is 1.78. The van der Waals surface area contributed by atoms with Gasteiger partial charge in [0.2, 0.25) is 0 Å². The Balaban J connectivity index is 2.49. The highest BCUT2D eigenvalue weighted by Gasteiger charge is 2.44. The molecular weight excluding hydrogens is 174 g/mol. The lowest BCUT2D eigenvalue weighted by molar-refractivity contribution is -0.160. The number of nitrogens with two attached hydrogens (primary N) is 1. The van der Waals surface area contributed by atoms with E-state index < -0.39 is 11.1 Å².